The number of rotatable bonds is 5. The van der Waals surface area contributed by atoms with E-state index >= 15 is 0 Å². The predicted molar refractivity (Wildman–Crippen MR) is 115 cm³/mol. The van der Waals surface area contributed by atoms with Crippen molar-refractivity contribution in [3.63, 3.8) is 0 Å². The zero-order chi connectivity index (χ0) is 21.3. The number of carbonyl (C=O) groups excluding carboxylic acids is 2. The van der Waals surface area contributed by atoms with E-state index in [0.717, 1.165) is 16.0 Å². The molecule has 0 saturated carbocycles. The Kier molecular flexibility index (Phi) is 5.76. The number of fused-ring (bicyclic) bond motifs is 1. The molecule has 1 atom stereocenters. The van der Waals surface area contributed by atoms with Crippen LogP contribution in [0.1, 0.15) is 41.8 Å². The van der Waals surface area contributed by atoms with Crippen LogP contribution >= 0.6 is 11.3 Å². The normalized spacial score (nSPS) is 18.7. The van der Waals surface area contributed by atoms with E-state index in [0.29, 0.717) is 49.6 Å². The molecule has 0 N–H and O–H groups in total. The van der Waals surface area contributed by atoms with Crippen molar-refractivity contribution in [3.05, 3.63) is 45.6 Å². The molecule has 1 aromatic carbocycles. The van der Waals surface area contributed by atoms with Gasteiger partial charge in [-0.05, 0) is 48.1 Å². The molecule has 1 aromatic heterocycles. The summed E-state index contributed by atoms with van der Waals surface area (Å²) >= 11 is 1.62. The second-order valence-electron chi connectivity index (χ2n) is 7.23. The van der Waals surface area contributed by atoms with Gasteiger partial charge < -0.3 is 14.4 Å². The molecule has 2 amide bonds. The van der Waals surface area contributed by atoms with Crippen LogP contribution in [0, 0.1) is 0 Å². The first-order chi connectivity index (χ1) is 14.6. The number of amides is 2. The number of hydrogen-bond donors (Lipinski definition) is 0. The van der Waals surface area contributed by atoms with Crippen molar-refractivity contribution in [1.29, 1.82) is 0 Å². The molecule has 2 aliphatic rings. The molecule has 0 saturated heterocycles. The molecule has 7 nitrogen and oxygen atoms in total. The van der Waals surface area contributed by atoms with E-state index in [1.165, 1.54) is 5.01 Å². The van der Waals surface area contributed by atoms with Gasteiger partial charge in [-0.2, -0.15) is 5.10 Å². The van der Waals surface area contributed by atoms with Crippen LogP contribution in [0.2, 0.25) is 0 Å². The van der Waals surface area contributed by atoms with E-state index in [-0.39, 0.29) is 17.9 Å². The molecule has 0 aliphatic carbocycles. The quantitative estimate of drug-likeness (QED) is 0.735. The second-order valence-corrected chi connectivity index (χ2v) is 8.21. The number of benzene rings is 1. The van der Waals surface area contributed by atoms with Crippen LogP contribution < -0.4 is 9.47 Å². The predicted octanol–water partition coefficient (Wildman–Crippen LogP) is 3.24. The molecule has 0 radical (unpaired) electrons. The zero-order valence-electron chi connectivity index (χ0n) is 17.4. The summed E-state index contributed by atoms with van der Waals surface area (Å²) in [4.78, 5) is 28.5. The molecule has 0 unspecified atom stereocenters. The highest BCUT2D eigenvalue weighted by atomic mass is 32.1. The lowest BCUT2D eigenvalue weighted by Crippen LogP contribution is -2.46. The molecule has 158 valence electrons. The summed E-state index contributed by atoms with van der Waals surface area (Å²) in [5.74, 6) is 1.18. The zero-order valence-corrected chi connectivity index (χ0v) is 18.2. The van der Waals surface area contributed by atoms with E-state index in [1.54, 1.807) is 25.6 Å². The molecule has 0 bridgehead atoms. The minimum atomic E-state index is -0.225. The van der Waals surface area contributed by atoms with Gasteiger partial charge in [-0.15, -0.1) is 11.3 Å². The SMILES string of the molecule is CCN1N=C(C(=O)N2CCc3cc(OC)c(OC)cc3[C@H]2c2cccs2)CCC1=O. The largest absolute Gasteiger partial charge is 0.493 e. The van der Waals surface area contributed by atoms with Gasteiger partial charge in [0.25, 0.3) is 5.91 Å². The van der Waals surface area contributed by atoms with Crippen molar-refractivity contribution in [1.82, 2.24) is 9.91 Å². The van der Waals surface area contributed by atoms with Crippen molar-refractivity contribution in [2.75, 3.05) is 27.3 Å². The average molecular weight is 428 g/mol. The third-order valence-electron chi connectivity index (χ3n) is 5.60. The molecule has 0 fully saturated rings. The monoisotopic (exact) mass is 427 g/mol. The Morgan fingerprint density at radius 1 is 1.20 bits per heavy atom. The first kappa shape index (κ1) is 20.4. The molecular weight excluding hydrogens is 402 g/mol. The Hall–Kier alpha value is -2.87. The fourth-order valence-corrected chi connectivity index (χ4v) is 4.94. The summed E-state index contributed by atoms with van der Waals surface area (Å²) < 4.78 is 11.0. The van der Waals surface area contributed by atoms with Crippen molar-refractivity contribution < 1.29 is 19.1 Å². The smallest absolute Gasteiger partial charge is 0.270 e. The third kappa shape index (κ3) is 3.56. The van der Waals surface area contributed by atoms with E-state index < -0.39 is 0 Å². The summed E-state index contributed by atoms with van der Waals surface area (Å²) in [6, 6.07) is 7.80. The molecule has 0 spiro atoms. The van der Waals surface area contributed by atoms with Gasteiger partial charge in [0.2, 0.25) is 5.91 Å². The first-order valence-corrected chi connectivity index (χ1v) is 10.9. The van der Waals surface area contributed by atoms with Crippen molar-refractivity contribution in [3.8, 4) is 11.5 Å². The molecule has 2 aliphatic heterocycles. The topological polar surface area (TPSA) is 71.4 Å². The van der Waals surface area contributed by atoms with Crippen LogP contribution in [0.15, 0.2) is 34.7 Å². The maximum atomic E-state index is 13.5. The van der Waals surface area contributed by atoms with Gasteiger partial charge in [-0.3, -0.25) is 9.59 Å². The molecule has 4 rings (SSSR count). The Morgan fingerprint density at radius 2 is 1.97 bits per heavy atom. The fourth-order valence-electron chi connectivity index (χ4n) is 4.09. The second kappa shape index (κ2) is 8.47. The van der Waals surface area contributed by atoms with Gasteiger partial charge in [0.05, 0.1) is 20.3 Å². The number of methoxy groups -OCH3 is 2. The molecular formula is C22H25N3O4S. The highest BCUT2D eigenvalue weighted by Crippen LogP contribution is 2.42. The standard InChI is InChI=1S/C22H25N3O4S/c1-4-25-20(26)8-7-16(23-25)22(27)24-10-9-14-12-17(28-2)18(29-3)13-15(14)21(24)19-6-5-11-30-19/h5-6,11-13,21H,4,7-10H2,1-3H3/t21-/m0/s1. The summed E-state index contributed by atoms with van der Waals surface area (Å²) in [5.41, 5.74) is 2.63. The Labute approximate surface area is 179 Å². The lowest BCUT2D eigenvalue weighted by atomic mass is 9.90. The summed E-state index contributed by atoms with van der Waals surface area (Å²) in [7, 11) is 3.24. The van der Waals surface area contributed by atoms with Gasteiger partial charge >= 0.3 is 0 Å². The lowest BCUT2D eigenvalue weighted by molar-refractivity contribution is -0.132. The summed E-state index contributed by atoms with van der Waals surface area (Å²) in [6.45, 7) is 2.90. The number of hydrazone groups is 1. The van der Waals surface area contributed by atoms with Gasteiger partial charge in [-0.25, -0.2) is 5.01 Å². The fraction of sp³-hybridized carbons (Fsp3) is 0.409. The number of nitrogens with zero attached hydrogens (tertiary/aromatic N) is 3. The van der Waals surface area contributed by atoms with Crippen LogP contribution in [0.5, 0.6) is 11.5 Å². The molecule has 3 heterocycles. The molecule has 30 heavy (non-hydrogen) atoms. The summed E-state index contributed by atoms with van der Waals surface area (Å²) in [5, 5.41) is 7.77. The summed E-state index contributed by atoms with van der Waals surface area (Å²) in [6.07, 6.45) is 1.41. The van der Waals surface area contributed by atoms with Crippen LogP contribution in [0.25, 0.3) is 0 Å². The highest BCUT2D eigenvalue weighted by Gasteiger charge is 2.37. The van der Waals surface area contributed by atoms with Gasteiger partial charge in [0.1, 0.15) is 5.71 Å². The molecule has 8 heteroatoms. The average Bonchev–Trinajstić information content (AvgIpc) is 3.31. The van der Waals surface area contributed by atoms with Gasteiger partial charge in [-0.1, -0.05) is 6.07 Å². The maximum absolute atomic E-state index is 13.5. The van der Waals surface area contributed by atoms with E-state index in [4.69, 9.17) is 9.47 Å². The Balaban J connectivity index is 1.76. The Morgan fingerprint density at radius 3 is 2.63 bits per heavy atom. The van der Waals surface area contributed by atoms with Crippen LogP contribution in [-0.2, 0) is 16.0 Å². The van der Waals surface area contributed by atoms with Crippen LogP contribution in [0.3, 0.4) is 0 Å². The minimum absolute atomic E-state index is 0.0373. The Bertz CT molecular complexity index is 987. The minimum Gasteiger partial charge on any atom is -0.493 e. The number of hydrogen-bond acceptors (Lipinski definition) is 6. The van der Waals surface area contributed by atoms with Crippen molar-refractivity contribution in [2.45, 2.75) is 32.2 Å². The van der Waals surface area contributed by atoms with Crippen LogP contribution in [0.4, 0.5) is 0 Å². The number of carbonyl (C=O) groups is 2. The van der Waals surface area contributed by atoms with Gasteiger partial charge in [0.15, 0.2) is 11.5 Å². The highest BCUT2D eigenvalue weighted by molar-refractivity contribution is 7.10. The number of ether oxygens (including phenoxy) is 2. The van der Waals surface area contributed by atoms with Crippen LogP contribution in [-0.4, -0.2) is 54.7 Å². The lowest BCUT2D eigenvalue weighted by Gasteiger charge is -2.38. The van der Waals surface area contributed by atoms with E-state index in [9.17, 15) is 9.59 Å². The van der Waals surface area contributed by atoms with E-state index in [1.807, 2.05) is 41.5 Å². The maximum Gasteiger partial charge on any atom is 0.270 e. The number of thiophene rings is 1. The van der Waals surface area contributed by atoms with Crippen molar-refractivity contribution in [2.24, 2.45) is 5.10 Å². The molecule has 2 aromatic rings. The third-order valence-corrected chi connectivity index (χ3v) is 6.52. The first-order valence-electron chi connectivity index (χ1n) is 10.0. The van der Waals surface area contributed by atoms with E-state index in [2.05, 4.69) is 5.10 Å². The van der Waals surface area contributed by atoms with Gasteiger partial charge in [0, 0.05) is 30.8 Å². The van der Waals surface area contributed by atoms with Crippen molar-refractivity contribution >= 4 is 28.9 Å².